The van der Waals surface area contributed by atoms with E-state index in [1.54, 1.807) is 23.0 Å². The number of benzene rings is 4. The van der Waals surface area contributed by atoms with E-state index in [2.05, 4.69) is 108 Å². The maximum atomic E-state index is 3.74. The molecule has 0 N–H and O–H groups in total. The third kappa shape index (κ3) is 5.07. The van der Waals surface area contributed by atoms with Crippen LogP contribution in [0.4, 0.5) is 0 Å². The fourth-order valence-corrected chi connectivity index (χ4v) is 3.54. The zero-order chi connectivity index (χ0) is 19.7. The Bertz CT molecular complexity index is 1170. The Balaban J connectivity index is 0.000000359. The molecule has 0 atom stereocenters. The van der Waals surface area contributed by atoms with E-state index in [0.717, 1.165) is 0 Å². The van der Waals surface area contributed by atoms with E-state index < -0.39 is 0 Å². The first-order valence-electron chi connectivity index (χ1n) is 9.54. The van der Waals surface area contributed by atoms with Gasteiger partial charge in [-0.2, -0.15) is 0 Å². The van der Waals surface area contributed by atoms with Gasteiger partial charge < -0.3 is 0 Å². The Kier molecular flexibility index (Phi) is 6.26. The van der Waals surface area contributed by atoms with Crippen molar-refractivity contribution in [3.8, 4) is 11.1 Å². The largest absolute Gasteiger partial charge is 0.253 e. The lowest BCUT2D eigenvalue weighted by Gasteiger charge is -2.08. The molecule has 5 rings (SSSR count). The molecule has 0 aliphatic rings. The Hall–Kier alpha value is -3.49. The normalized spacial score (nSPS) is 10.6. The highest BCUT2D eigenvalue weighted by Crippen LogP contribution is 2.28. The van der Waals surface area contributed by atoms with Crippen LogP contribution < -0.4 is 0 Å². The highest BCUT2D eigenvalue weighted by atomic mass is 32.1. The van der Waals surface area contributed by atoms with Crippen LogP contribution in [0.2, 0.25) is 0 Å². The molecular formula is C27H21NS. The second-order valence-corrected chi connectivity index (χ2v) is 7.32. The number of hydrogen-bond acceptors (Lipinski definition) is 2. The summed E-state index contributed by atoms with van der Waals surface area (Å²) in [5.74, 6) is 0. The molecule has 0 bridgehead atoms. The number of aromatic nitrogens is 1. The van der Waals surface area contributed by atoms with Crippen molar-refractivity contribution in [2.45, 2.75) is 0 Å². The highest BCUT2D eigenvalue weighted by molar-refractivity contribution is 7.07. The van der Waals surface area contributed by atoms with E-state index in [9.17, 15) is 0 Å². The Morgan fingerprint density at radius 1 is 0.655 bits per heavy atom. The summed E-state index contributed by atoms with van der Waals surface area (Å²) in [5.41, 5.74) is 6.75. The number of rotatable bonds is 3. The lowest BCUT2D eigenvalue weighted by molar-refractivity contribution is 1.43. The molecule has 1 aromatic heterocycles. The quantitative estimate of drug-likeness (QED) is 0.286. The van der Waals surface area contributed by atoms with Crippen LogP contribution in [0.15, 0.2) is 114 Å². The number of hydrogen-bond donors (Lipinski definition) is 0. The summed E-state index contributed by atoms with van der Waals surface area (Å²) in [7, 11) is 0. The number of nitrogens with zero attached hydrogens (tertiary/aromatic N) is 1. The van der Waals surface area contributed by atoms with E-state index >= 15 is 0 Å². The fraction of sp³-hybridized carbons (Fsp3) is 0. The van der Waals surface area contributed by atoms with Crippen molar-refractivity contribution in [2.24, 2.45) is 0 Å². The van der Waals surface area contributed by atoms with Crippen LogP contribution in [0.1, 0.15) is 11.1 Å². The third-order valence-electron chi connectivity index (χ3n) is 4.62. The lowest BCUT2D eigenvalue weighted by Crippen LogP contribution is -1.83. The maximum Gasteiger partial charge on any atom is 0.0791 e. The average Bonchev–Trinajstić information content (AvgIpc) is 3.39. The first kappa shape index (κ1) is 18.9. The van der Waals surface area contributed by atoms with Crippen molar-refractivity contribution in [3.63, 3.8) is 0 Å². The highest BCUT2D eigenvalue weighted by Gasteiger charge is 2.03. The van der Waals surface area contributed by atoms with Gasteiger partial charge in [0.25, 0.3) is 0 Å². The predicted octanol–water partition coefficient (Wildman–Crippen LogP) is 7.82. The van der Waals surface area contributed by atoms with Crippen LogP contribution in [0.5, 0.6) is 0 Å². The van der Waals surface area contributed by atoms with Crippen molar-refractivity contribution in [3.05, 3.63) is 125 Å². The second-order valence-electron chi connectivity index (χ2n) is 6.57. The van der Waals surface area contributed by atoms with Crippen molar-refractivity contribution < 1.29 is 0 Å². The molecule has 0 amide bonds. The molecule has 0 aliphatic heterocycles. The molecule has 1 heterocycles. The molecular weight excluding hydrogens is 370 g/mol. The summed E-state index contributed by atoms with van der Waals surface area (Å²) < 4.78 is 0. The molecule has 0 radical (unpaired) electrons. The zero-order valence-electron chi connectivity index (χ0n) is 16.0. The molecule has 0 saturated heterocycles. The molecule has 1 nitrogen and oxygen atoms in total. The van der Waals surface area contributed by atoms with Gasteiger partial charge >= 0.3 is 0 Å². The third-order valence-corrected chi connectivity index (χ3v) is 5.15. The molecule has 0 spiro atoms. The van der Waals surface area contributed by atoms with Crippen molar-refractivity contribution in [1.82, 2.24) is 4.98 Å². The molecule has 5 aromatic rings. The molecule has 2 heteroatoms. The van der Waals surface area contributed by atoms with Crippen LogP contribution in [0, 0.1) is 0 Å². The first-order valence-corrected chi connectivity index (χ1v) is 10.5. The van der Waals surface area contributed by atoms with E-state index in [0.29, 0.717) is 0 Å². The Morgan fingerprint density at radius 3 is 2.17 bits per heavy atom. The summed E-state index contributed by atoms with van der Waals surface area (Å²) in [6.07, 6.45) is 6.13. The van der Waals surface area contributed by atoms with Crippen molar-refractivity contribution >= 4 is 34.3 Å². The smallest absolute Gasteiger partial charge is 0.0791 e. The Labute approximate surface area is 175 Å². The second kappa shape index (κ2) is 9.63. The molecule has 0 unspecified atom stereocenters. The van der Waals surface area contributed by atoms with Crippen LogP contribution in [0.25, 0.3) is 34.1 Å². The molecule has 0 aliphatic carbocycles. The maximum absolute atomic E-state index is 3.74. The average molecular weight is 392 g/mol. The van der Waals surface area contributed by atoms with Gasteiger partial charge in [-0.15, -0.1) is 11.3 Å². The first-order chi connectivity index (χ1) is 14.4. The Morgan fingerprint density at radius 2 is 1.41 bits per heavy atom. The van der Waals surface area contributed by atoms with Gasteiger partial charge in [-0.1, -0.05) is 103 Å². The van der Waals surface area contributed by atoms with E-state index in [1.165, 1.54) is 33.0 Å². The molecule has 0 fully saturated rings. The molecule has 0 saturated carbocycles. The summed E-state index contributed by atoms with van der Waals surface area (Å²) >= 11 is 1.60. The van der Waals surface area contributed by atoms with Crippen LogP contribution in [-0.2, 0) is 0 Å². The minimum atomic E-state index is 1.21. The van der Waals surface area contributed by atoms with E-state index in [-0.39, 0.29) is 0 Å². The molecule has 4 aromatic carbocycles. The predicted molar refractivity (Wildman–Crippen MR) is 127 cm³/mol. The fourth-order valence-electron chi connectivity index (χ4n) is 3.19. The minimum Gasteiger partial charge on any atom is -0.253 e. The number of thiazole rings is 1. The van der Waals surface area contributed by atoms with Gasteiger partial charge in [-0.05, 0) is 39.1 Å². The lowest BCUT2D eigenvalue weighted by atomic mass is 9.96. The molecule has 29 heavy (non-hydrogen) atoms. The van der Waals surface area contributed by atoms with Gasteiger partial charge in [0.05, 0.1) is 5.51 Å². The zero-order valence-corrected chi connectivity index (χ0v) is 16.8. The summed E-state index contributed by atoms with van der Waals surface area (Å²) in [6.45, 7) is 0. The van der Waals surface area contributed by atoms with Crippen LogP contribution in [-0.4, -0.2) is 4.98 Å². The SMILES string of the molecule is C(=Cc1ccccc1-c1ccc2ccccc2c1)c1ccccc1.c1cscn1. The van der Waals surface area contributed by atoms with Crippen LogP contribution in [0.3, 0.4) is 0 Å². The summed E-state index contributed by atoms with van der Waals surface area (Å²) in [6, 6.07) is 34.1. The monoisotopic (exact) mass is 391 g/mol. The van der Waals surface area contributed by atoms with Crippen molar-refractivity contribution in [1.29, 1.82) is 0 Å². The van der Waals surface area contributed by atoms with E-state index in [4.69, 9.17) is 0 Å². The summed E-state index contributed by atoms with van der Waals surface area (Å²) in [5, 5.41) is 4.48. The summed E-state index contributed by atoms with van der Waals surface area (Å²) in [4.78, 5) is 3.74. The minimum absolute atomic E-state index is 1.21. The van der Waals surface area contributed by atoms with Gasteiger partial charge in [0.15, 0.2) is 0 Å². The van der Waals surface area contributed by atoms with Crippen molar-refractivity contribution in [2.75, 3.05) is 0 Å². The van der Waals surface area contributed by atoms with Crippen LogP contribution >= 0.6 is 11.3 Å². The topological polar surface area (TPSA) is 12.9 Å². The number of fused-ring (bicyclic) bond motifs is 1. The van der Waals surface area contributed by atoms with Gasteiger partial charge in [0.1, 0.15) is 0 Å². The van der Waals surface area contributed by atoms with Gasteiger partial charge in [0.2, 0.25) is 0 Å². The van der Waals surface area contributed by atoms with Gasteiger partial charge in [-0.25, -0.2) is 0 Å². The standard InChI is InChI=1S/C24H18.C3H3NS/c1-2-8-19(9-3-1)14-15-21-11-6-7-13-24(21)23-17-16-20-10-4-5-12-22(20)18-23;1-2-5-3-4-1/h1-18H;1-3H. The van der Waals surface area contributed by atoms with E-state index in [1.807, 2.05) is 11.4 Å². The van der Waals surface area contributed by atoms with Gasteiger partial charge in [0, 0.05) is 11.6 Å². The van der Waals surface area contributed by atoms with Gasteiger partial charge in [-0.3, -0.25) is 4.98 Å². The molecule has 140 valence electrons.